The minimum Gasteiger partial charge on any atom is -0.480 e. The molecule has 0 aliphatic heterocycles. The van der Waals surface area contributed by atoms with Crippen molar-refractivity contribution in [1.29, 1.82) is 0 Å². The van der Waals surface area contributed by atoms with Crippen molar-refractivity contribution in [2.45, 2.75) is 57.2 Å². The lowest BCUT2D eigenvalue weighted by Gasteiger charge is -2.19. The van der Waals surface area contributed by atoms with Crippen LogP contribution in [0, 0.1) is 47.3 Å². The molecular formula is C42H69NO11. The first-order valence-electron chi connectivity index (χ1n) is 20.0. The molecule has 54 heavy (non-hydrogen) atoms. The second kappa shape index (κ2) is 28.2. The fourth-order valence-corrected chi connectivity index (χ4v) is 7.76. The van der Waals surface area contributed by atoms with Crippen molar-refractivity contribution in [3.8, 4) is 0 Å². The van der Waals surface area contributed by atoms with Crippen molar-refractivity contribution in [3.05, 3.63) is 49.6 Å². The van der Waals surface area contributed by atoms with Gasteiger partial charge in [0.1, 0.15) is 18.8 Å². The SMILES string of the molecule is C=CC1CCC(/C=C\C2CC(/C=C\C3CC(C=C)C(COCCOCCOCC(=O)O)C3)C(COCCOCC(CO)OCC(O)COC/C=N/C)C2)C1. The van der Waals surface area contributed by atoms with Crippen molar-refractivity contribution in [2.75, 3.05) is 99.5 Å². The molecule has 3 aliphatic carbocycles. The lowest BCUT2D eigenvalue weighted by atomic mass is 9.94. The summed E-state index contributed by atoms with van der Waals surface area (Å²) < 4.78 is 39.2. The first-order valence-corrected chi connectivity index (χ1v) is 20.0. The van der Waals surface area contributed by atoms with Crippen LogP contribution in [-0.2, 0) is 38.0 Å². The van der Waals surface area contributed by atoms with Crippen LogP contribution >= 0.6 is 0 Å². The van der Waals surface area contributed by atoms with Crippen LogP contribution < -0.4 is 0 Å². The Morgan fingerprint density at radius 2 is 1.31 bits per heavy atom. The molecule has 3 aliphatic rings. The fraction of sp³-hybridized carbons (Fsp3) is 0.762. The third-order valence-electron chi connectivity index (χ3n) is 10.7. The standard InChI is InChI=1S/C42H69NO11/c1-4-32-6-7-33(20-32)8-9-34-22-37(11-10-35-21-36(5-2)38(23-35)26-50-16-14-48-15-17-53-31-42(46)47)39(24-34)27-51-18-19-52-30-41(25-44)54-29-40(45)28-49-13-12-43-3/h4-5,8-12,32-41,44-45H,1-2,6-7,13-31H2,3H3,(H,46,47)/b9-8-,11-10-,43-12+. The third kappa shape index (κ3) is 19.1. The molecule has 308 valence electrons. The Bertz CT molecular complexity index is 1120. The Balaban J connectivity index is 1.42. The topological polar surface area (TPSA) is 155 Å². The first-order chi connectivity index (χ1) is 26.3. The Labute approximate surface area is 323 Å². The maximum absolute atomic E-state index is 10.5. The number of allylic oxidation sites excluding steroid dienone is 6. The Morgan fingerprint density at radius 1 is 0.704 bits per heavy atom. The number of carbonyl (C=O) groups is 1. The molecule has 3 rings (SSSR count). The molecule has 0 aromatic rings. The maximum atomic E-state index is 10.5. The quantitative estimate of drug-likeness (QED) is 0.0507. The molecule has 12 heteroatoms. The van der Waals surface area contributed by atoms with E-state index in [1.807, 2.05) is 0 Å². The molecule has 0 aromatic carbocycles. The zero-order valence-corrected chi connectivity index (χ0v) is 32.6. The number of rotatable bonds is 31. The highest BCUT2D eigenvalue weighted by Crippen LogP contribution is 2.42. The molecule has 3 N–H and O–H groups in total. The molecule has 0 saturated heterocycles. The van der Waals surface area contributed by atoms with Crippen LogP contribution in [0.3, 0.4) is 0 Å². The van der Waals surface area contributed by atoms with Gasteiger partial charge in [0.25, 0.3) is 0 Å². The molecular weight excluding hydrogens is 694 g/mol. The number of aliphatic hydroxyl groups excluding tert-OH is 2. The van der Waals surface area contributed by atoms with Crippen LogP contribution in [0.15, 0.2) is 54.6 Å². The van der Waals surface area contributed by atoms with Crippen LogP contribution in [0.2, 0.25) is 0 Å². The number of nitrogens with zero attached hydrogens (tertiary/aromatic N) is 1. The van der Waals surface area contributed by atoms with E-state index < -0.39 is 18.2 Å². The number of carboxylic acids is 1. The van der Waals surface area contributed by atoms with Crippen molar-refractivity contribution in [3.63, 3.8) is 0 Å². The third-order valence-corrected chi connectivity index (χ3v) is 10.7. The van der Waals surface area contributed by atoms with E-state index in [0.717, 1.165) is 25.7 Å². The van der Waals surface area contributed by atoms with Crippen LogP contribution in [-0.4, -0.2) is 139 Å². The molecule has 3 fully saturated rings. The van der Waals surface area contributed by atoms with Gasteiger partial charge in [0.15, 0.2) is 0 Å². The zero-order chi connectivity index (χ0) is 38.8. The maximum Gasteiger partial charge on any atom is 0.329 e. The minimum atomic E-state index is -0.985. The monoisotopic (exact) mass is 763 g/mol. The summed E-state index contributed by atoms with van der Waals surface area (Å²) in [5, 5.41) is 28.3. The van der Waals surface area contributed by atoms with Crippen molar-refractivity contribution in [1.82, 2.24) is 0 Å². The highest BCUT2D eigenvalue weighted by atomic mass is 16.6. The molecule has 10 unspecified atom stereocenters. The number of ether oxygens (including phenoxy) is 7. The van der Waals surface area contributed by atoms with E-state index in [2.05, 4.69) is 54.6 Å². The highest BCUT2D eigenvalue weighted by Gasteiger charge is 2.34. The highest BCUT2D eigenvalue weighted by molar-refractivity contribution is 5.67. The minimum absolute atomic E-state index is 0.0472. The molecule has 0 aromatic heterocycles. The average molecular weight is 764 g/mol. The molecule has 0 amide bonds. The average Bonchev–Trinajstić information content (AvgIpc) is 3.91. The van der Waals surface area contributed by atoms with Gasteiger partial charge in [-0.2, -0.15) is 0 Å². The number of hydrogen-bond acceptors (Lipinski definition) is 11. The predicted molar refractivity (Wildman–Crippen MR) is 209 cm³/mol. The van der Waals surface area contributed by atoms with E-state index in [0.29, 0.717) is 100 Å². The van der Waals surface area contributed by atoms with Gasteiger partial charge in [-0.15, -0.1) is 13.2 Å². The molecule has 0 spiro atoms. The second-order valence-electron chi connectivity index (χ2n) is 14.9. The van der Waals surface area contributed by atoms with Crippen LogP contribution in [0.25, 0.3) is 0 Å². The van der Waals surface area contributed by atoms with Gasteiger partial charge in [0, 0.05) is 13.3 Å². The van der Waals surface area contributed by atoms with Gasteiger partial charge in [0.05, 0.1) is 85.9 Å². The molecule has 12 nitrogen and oxygen atoms in total. The number of aliphatic imine (C=N–C) groups is 1. The van der Waals surface area contributed by atoms with E-state index >= 15 is 0 Å². The van der Waals surface area contributed by atoms with Gasteiger partial charge in [0.2, 0.25) is 0 Å². The van der Waals surface area contributed by atoms with Gasteiger partial charge >= 0.3 is 5.97 Å². The van der Waals surface area contributed by atoms with Gasteiger partial charge in [-0.05, 0) is 92.3 Å². The van der Waals surface area contributed by atoms with E-state index in [1.165, 1.54) is 19.3 Å². The lowest BCUT2D eigenvalue weighted by molar-refractivity contribution is -0.142. The van der Waals surface area contributed by atoms with E-state index in [-0.39, 0.29) is 39.6 Å². The summed E-state index contributed by atoms with van der Waals surface area (Å²) in [6.45, 7) is 12.0. The van der Waals surface area contributed by atoms with Gasteiger partial charge in [-0.1, -0.05) is 36.5 Å². The largest absolute Gasteiger partial charge is 0.480 e. The molecule has 3 saturated carbocycles. The summed E-state index contributed by atoms with van der Waals surface area (Å²) >= 11 is 0. The number of aliphatic carboxylic acids is 1. The van der Waals surface area contributed by atoms with E-state index in [4.69, 9.17) is 38.3 Å². The fourth-order valence-electron chi connectivity index (χ4n) is 7.76. The smallest absolute Gasteiger partial charge is 0.329 e. The Kier molecular flexibility index (Phi) is 24.1. The van der Waals surface area contributed by atoms with Crippen molar-refractivity contribution < 1.29 is 53.3 Å². The van der Waals surface area contributed by atoms with Gasteiger partial charge < -0.3 is 48.5 Å². The molecule has 0 bridgehead atoms. The summed E-state index contributed by atoms with van der Waals surface area (Å²) in [4.78, 5) is 14.3. The van der Waals surface area contributed by atoms with Crippen molar-refractivity contribution in [2.24, 2.45) is 52.3 Å². The van der Waals surface area contributed by atoms with Gasteiger partial charge in [-0.3, -0.25) is 4.99 Å². The van der Waals surface area contributed by atoms with Crippen LogP contribution in [0.4, 0.5) is 0 Å². The van der Waals surface area contributed by atoms with Crippen LogP contribution in [0.1, 0.15) is 44.9 Å². The first kappa shape index (κ1) is 46.1. The summed E-state index contributed by atoms with van der Waals surface area (Å²) in [5.74, 6) is 3.01. The number of hydrogen-bond donors (Lipinski definition) is 3. The van der Waals surface area contributed by atoms with E-state index in [1.54, 1.807) is 13.3 Å². The number of carboxylic acid groups (broad SMARTS) is 1. The molecule has 0 heterocycles. The Morgan fingerprint density at radius 3 is 1.96 bits per heavy atom. The lowest BCUT2D eigenvalue weighted by Crippen LogP contribution is -2.31. The van der Waals surface area contributed by atoms with Crippen molar-refractivity contribution >= 4 is 12.2 Å². The Hall–Kier alpha value is -2.26. The summed E-state index contributed by atoms with van der Waals surface area (Å²) in [5.41, 5.74) is 0. The van der Waals surface area contributed by atoms with E-state index in [9.17, 15) is 15.0 Å². The normalized spacial score (nSPS) is 28.5. The molecule has 0 radical (unpaired) electrons. The predicted octanol–water partition coefficient (Wildman–Crippen LogP) is 4.80. The van der Waals surface area contributed by atoms with Gasteiger partial charge in [-0.25, -0.2) is 4.79 Å². The summed E-state index contributed by atoms with van der Waals surface area (Å²) in [6, 6.07) is 0. The van der Waals surface area contributed by atoms with Crippen LogP contribution in [0.5, 0.6) is 0 Å². The summed E-state index contributed by atoms with van der Waals surface area (Å²) in [7, 11) is 1.66. The summed E-state index contributed by atoms with van der Waals surface area (Å²) in [6.07, 6.45) is 22.4. The second-order valence-corrected chi connectivity index (χ2v) is 14.9. The number of aliphatic hydroxyl groups is 2. The molecule has 10 atom stereocenters. The zero-order valence-electron chi connectivity index (χ0n) is 32.6.